The summed E-state index contributed by atoms with van der Waals surface area (Å²) in [5, 5.41) is 16.9. The van der Waals surface area contributed by atoms with Crippen LogP contribution in [0.15, 0.2) is 0 Å². The zero-order valence-electron chi connectivity index (χ0n) is 9.29. The van der Waals surface area contributed by atoms with Crippen LogP contribution >= 0.6 is 0 Å². The van der Waals surface area contributed by atoms with Crippen molar-refractivity contribution in [1.82, 2.24) is 0 Å². The van der Waals surface area contributed by atoms with Gasteiger partial charge < -0.3 is 0 Å². The monoisotopic (exact) mass is 192 g/mol. The van der Waals surface area contributed by atoms with Gasteiger partial charge in [0.1, 0.15) is 0 Å². The summed E-state index contributed by atoms with van der Waals surface area (Å²) < 4.78 is 0. The Bertz CT molecular complexity index is 187. The lowest BCUT2D eigenvalue weighted by atomic mass is 10.0. The normalized spacial score (nSPS) is 24.3. The van der Waals surface area contributed by atoms with Gasteiger partial charge >= 0.3 is 0 Å². The quantitative estimate of drug-likeness (QED) is 0.670. The Labute approximate surface area is 87.5 Å². The largest absolute Gasteiger partial charge is 0.198 e. The fourth-order valence-corrected chi connectivity index (χ4v) is 1.81. The Morgan fingerprint density at radius 2 is 1.36 bits per heavy atom. The topological polar surface area (TPSA) is 47.6 Å². The molecule has 14 heavy (non-hydrogen) atoms. The van der Waals surface area contributed by atoms with Crippen LogP contribution in [0, 0.1) is 34.5 Å². The first-order valence-electron chi connectivity index (χ1n) is 5.52. The Hall–Kier alpha value is -1.02. The minimum Gasteiger partial charge on any atom is -0.198 e. The summed E-state index contributed by atoms with van der Waals surface area (Å²) in [5.41, 5.74) is 0. The van der Waals surface area contributed by atoms with E-state index in [-0.39, 0.29) is 0 Å². The highest BCUT2D eigenvalue weighted by atomic mass is 14.3. The first kappa shape index (κ1) is 13.0. The van der Waals surface area contributed by atoms with Gasteiger partial charge in [0.2, 0.25) is 0 Å². The maximum Gasteiger partial charge on any atom is 0.0624 e. The lowest BCUT2D eigenvalue weighted by molar-refractivity contribution is 0.505. The van der Waals surface area contributed by atoms with Gasteiger partial charge in [0.25, 0.3) is 0 Å². The molecule has 0 heterocycles. The van der Waals surface area contributed by atoms with Crippen LogP contribution in [0.4, 0.5) is 0 Å². The third-order valence-electron chi connectivity index (χ3n) is 2.41. The van der Waals surface area contributed by atoms with Gasteiger partial charge in [0, 0.05) is 12.8 Å². The van der Waals surface area contributed by atoms with Crippen molar-refractivity contribution in [3.05, 3.63) is 0 Å². The Morgan fingerprint density at radius 3 is 1.64 bits per heavy atom. The van der Waals surface area contributed by atoms with E-state index in [9.17, 15) is 0 Å². The molecule has 0 aromatic heterocycles. The maximum absolute atomic E-state index is 8.43. The molecule has 0 N–H and O–H groups in total. The molecule has 0 radical (unpaired) electrons. The predicted octanol–water partition coefficient (Wildman–Crippen LogP) is 3.65. The van der Waals surface area contributed by atoms with Crippen molar-refractivity contribution in [1.29, 1.82) is 10.5 Å². The molecule has 1 aliphatic rings. The molecule has 1 saturated carbocycles. The van der Waals surface area contributed by atoms with Crippen LogP contribution in [0.1, 0.15) is 52.4 Å². The highest BCUT2D eigenvalue weighted by Crippen LogP contribution is 2.34. The number of hydrogen-bond donors (Lipinski definition) is 0. The van der Waals surface area contributed by atoms with Crippen LogP contribution < -0.4 is 0 Å². The first-order valence-corrected chi connectivity index (χ1v) is 5.52. The van der Waals surface area contributed by atoms with Crippen molar-refractivity contribution in [3.63, 3.8) is 0 Å². The number of hydrogen-bond acceptors (Lipinski definition) is 2. The Kier molecular flexibility index (Phi) is 7.95. The first-order chi connectivity index (χ1) is 6.78. The summed E-state index contributed by atoms with van der Waals surface area (Å²) in [6.45, 7) is 4.25. The molecule has 0 aliphatic heterocycles. The summed E-state index contributed by atoms with van der Waals surface area (Å²) in [6, 6.07) is 4.38. The summed E-state index contributed by atoms with van der Waals surface area (Å²) in [6.07, 6.45) is 6.02. The van der Waals surface area contributed by atoms with Gasteiger partial charge in [-0.05, 0) is 31.1 Å². The van der Waals surface area contributed by atoms with Crippen LogP contribution in [-0.2, 0) is 0 Å². The van der Waals surface area contributed by atoms with Crippen LogP contribution in [-0.4, -0.2) is 0 Å². The van der Waals surface area contributed by atoms with Crippen LogP contribution in [0.2, 0.25) is 0 Å². The molecular formula is C12H20N2. The molecule has 0 aromatic rings. The second kappa shape index (κ2) is 8.57. The Morgan fingerprint density at radius 1 is 1.00 bits per heavy atom. The zero-order chi connectivity index (χ0) is 10.8. The third-order valence-corrected chi connectivity index (χ3v) is 2.41. The van der Waals surface area contributed by atoms with E-state index in [1.54, 1.807) is 0 Å². The second-order valence-corrected chi connectivity index (χ2v) is 3.98. The van der Waals surface area contributed by atoms with Crippen molar-refractivity contribution in [2.45, 2.75) is 52.4 Å². The van der Waals surface area contributed by atoms with E-state index >= 15 is 0 Å². The number of rotatable bonds is 2. The van der Waals surface area contributed by atoms with Gasteiger partial charge in [0.15, 0.2) is 0 Å². The standard InChI is InChI=1S/C9H12N2.C3H8/c10-5-3-8-1-2-9(7-8)4-6-11;1-3-2/h8-9H,1-4,7H2;3H2,1-2H3. The molecule has 0 amide bonds. The van der Waals surface area contributed by atoms with Crippen molar-refractivity contribution < 1.29 is 0 Å². The fourth-order valence-electron chi connectivity index (χ4n) is 1.81. The van der Waals surface area contributed by atoms with Crippen molar-refractivity contribution in [2.75, 3.05) is 0 Å². The fraction of sp³-hybridized carbons (Fsp3) is 0.833. The number of nitriles is 2. The smallest absolute Gasteiger partial charge is 0.0624 e. The van der Waals surface area contributed by atoms with Gasteiger partial charge in [-0.15, -0.1) is 0 Å². The molecule has 1 aliphatic carbocycles. The van der Waals surface area contributed by atoms with Crippen molar-refractivity contribution >= 4 is 0 Å². The lowest BCUT2D eigenvalue weighted by Gasteiger charge is -2.02. The highest BCUT2D eigenvalue weighted by Gasteiger charge is 2.23. The summed E-state index contributed by atoms with van der Waals surface area (Å²) >= 11 is 0. The molecule has 0 saturated heterocycles. The number of nitrogens with zero attached hydrogens (tertiary/aromatic N) is 2. The van der Waals surface area contributed by atoms with Gasteiger partial charge in [-0.3, -0.25) is 0 Å². The van der Waals surface area contributed by atoms with E-state index in [1.807, 2.05) is 0 Å². The molecule has 0 bridgehead atoms. The van der Waals surface area contributed by atoms with Gasteiger partial charge in [0.05, 0.1) is 12.1 Å². The van der Waals surface area contributed by atoms with E-state index in [1.165, 1.54) is 6.42 Å². The molecule has 1 fully saturated rings. The van der Waals surface area contributed by atoms with Crippen LogP contribution in [0.25, 0.3) is 0 Å². The molecule has 2 unspecified atom stereocenters. The van der Waals surface area contributed by atoms with Gasteiger partial charge in [-0.25, -0.2) is 0 Å². The zero-order valence-corrected chi connectivity index (χ0v) is 9.29. The molecular weight excluding hydrogens is 172 g/mol. The summed E-state index contributed by atoms with van der Waals surface area (Å²) in [4.78, 5) is 0. The van der Waals surface area contributed by atoms with E-state index < -0.39 is 0 Å². The van der Waals surface area contributed by atoms with E-state index in [4.69, 9.17) is 10.5 Å². The molecule has 2 heteroatoms. The predicted molar refractivity (Wildman–Crippen MR) is 57.3 cm³/mol. The molecule has 0 aromatic carbocycles. The highest BCUT2D eigenvalue weighted by molar-refractivity contribution is 4.86. The van der Waals surface area contributed by atoms with Crippen molar-refractivity contribution in [2.24, 2.45) is 11.8 Å². The average Bonchev–Trinajstić information content (AvgIpc) is 2.55. The van der Waals surface area contributed by atoms with E-state index in [0.29, 0.717) is 24.7 Å². The molecule has 2 atom stereocenters. The second-order valence-electron chi connectivity index (χ2n) is 3.98. The summed E-state index contributed by atoms with van der Waals surface area (Å²) in [5.74, 6) is 1.16. The SMILES string of the molecule is CCC.N#CCC1CCC(CC#N)C1. The minimum absolute atomic E-state index is 0.582. The molecule has 78 valence electrons. The maximum atomic E-state index is 8.43. The summed E-state index contributed by atoms with van der Waals surface area (Å²) in [7, 11) is 0. The molecule has 1 rings (SSSR count). The van der Waals surface area contributed by atoms with Crippen LogP contribution in [0.5, 0.6) is 0 Å². The minimum atomic E-state index is 0.582. The Balaban J connectivity index is 0.000000500. The van der Waals surface area contributed by atoms with Crippen molar-refractivity contribution in [3.8, 4) is 12.1 Å². The van der Waals surface area contributed by atoms with Gasteiger partial charge in [-0.1, -0.05) is 20.3 Å². The lowest BCUT2D eigenvalue weighted by Crippen LogP contribution is -1.94. The van der Waals surface area contributed by atoms with Gasteiger partial charge in [-0.2, -0.15) is 10.5 Å². The van der Waals surface area contributed by atoms with Crippen LogP contribution in [0.3, 0.4) is 0 Å². The molecule has 0 spiro atoms. The van der Waals surface area contributed by atoms with E-state index in [2.05, 4.69) is 26.0 Å². The van der Waals surface area contributed by atoms with E-state index in [0.717, 1.165) is 19.3 Å². The average molecular weight is 192 g/mol. The third kappa shape index (κ3) is 5.60. The molecule has 2 nitrogen and oxygen atoms in total.